The Labute approximate surface area is 130 Å². The number of piperidine rings is 1. The number of urea groups is 1. The first kappa shape index (κ1) is 16.3. The monoisotopic (exact) mass is 306 g/mol. The number of ether oxygens (including phenoxy) is 1. The number of nitrogens with zero attached hydrogens (tertiary/aromatic N) is 1. The van der Waals surface area contributed by atoms with Crippen LogP contribution in [0, 0.1) is 5.92 Å². The number of likely N-dealkylation sites (tertiary alicyclic amines) is 1. The summed E-state index contributed by atoms with van der Waals surface area (Å²) >= 11 is 0. The smallest absolute Gasteiger partial charge is 0.321 e. The first-order valence-electron chi connectivity index (χ1n) is 7.42. The third-order valence-corrected chi connectivity index (χ3v) is 4.02. The molecule has 1 aliphatic heterocycles. The van der Waals surface area contributed by atoms with Gasteiger partial charge in [0, 0.05) is 25.9 Å². The number of carbonyl (C=O) groups is 2. The number of anilines is 1. The molecule has 0 bridgehead atoms. The van der Waals surface area contributed by atoms with Crippen LogP contribution in [-0.2, 0) is 9.53 Å². The lowest BCUT2D eigenvalue weighted by Gasteiger charge is -2.30. The Morgan fingerprint density at radius 2 is 2.23 bits per heavy atom. The molecule has 2 atom stereocenters. The van der Waals surface area contributed by atoms with Crippen LogP contribution in [0.1, 0.15) is 31.4 Å². The van der Waals surface area contributed by atoms with Gasteiger partial charge in [-0.05, 0) is 37.5 Å². The number of carboxylic acids is 1. The molecule has 1 heterocycles. The average molecular weight is 306 g/mol. The predicted octanol–water partition coefficient (Wildman–Crippen LogP) is 2.72. The van der Waals surface area contributed by atoms with Gasteiger partial charge in [-0.1, -0.05) is 12.1 Å². The molecule has 2 rings (SSSR count). The molecule has 22 heavy (non-hydrogen) atoms. The lowest BCUT2D eigenvalue weighted by molar-refractivity contribution is -0.143. The summed E-state index contributed by atoms with van der Waals surface area (Å²) in [5.74, 6) is -1.31. The molecular weight excluding hydrogens is 284 g/mol. The van der Waals surface area contributed by atoms with Crippen molar-refractivity contribution in [2.24, 2.45) is 5.92 Å². The molecule has 1 aromatic carbocycles. The van der Waals surface area contributed by atoms with E-state index in [1.165, 1.54) is 0 Å². The van der Waals surface area contributed by atoms with Gasteiger partial charge in [-0.15, -0.1) is 0 Å². The van der Waals surface area contributed by atoms with Crippen molar-refractivity contribution < 1.29 is 19.4 Å². The number of carbonyl (C=O) groups excluding carboxylic acids is 1. The summed E-state index contributed by atoms with van der Waals surface area (Å²) < 4.78 is 5.26. The maximum atomic E-state index is 12.3. The van der Waals surface area contributed by atoms with Crippen molar-refractivity contribution in [1.82, 2.24) is 4.90 Å². The summed E-state index contributed by atoms with van der Waals surface area (Å²) in [5.41, 5.74) is 1.66. The van der Waals surface area contributed by atoms with Crippen LogP contribution >= 0.6 is 0 Å². The van der Waals surface area contributed by atoms with E-state index in [9.17, 15) is 9.59 Å². The van der Waals surface area contributed by atoms with E-state index in [1.807, 2.05) is 31.2 Å². The molecule has 1 aliphatic rings. The number of amides is 2. The van der Waals surface area contributed by atoms with Crippen LogP contribution in [0.15, 0.2) is 24.3 Å². The van der Waals surface area contributed by atoms with Crippen molar-refractivity contribution >= 4 is 17.7 Å². The fourth-order valence-corrected chi connectivity index (χ4v) is 2.57. The summed E-state index contributed by atoms with van der Waals surface area (Å²) in [6, 6.07) is 7.21. The molecular formula is C16H22N2O4. The highest BCUT2D eigenvalue weighted by atomic mass is 16.5. The number of aliphatic carboxylic acids is 1. The zero-order chi connectivity index (χ0) is 16.1. The van der Waals surface area contributed by atoms with Crippen LogP contribution in [0.3, 0.4) is 0 Å². The molecule has 6 heteroatoms. The van der Waals surface area contributed by atoms with E-state index in [0.717, 1.165) is 5.56 Å². The van der Waals surface area contributed by atoms with Crippen LogP contribution < -0.4 is 5.32 Å². The van der Waals surface area contributed by atoms with Crippen molar-refractivity contribution in [2.45, 2.75) is 25.9 Å². The molecule has 120 valence electrons. The van der Waals surface area contributed by atoms with Crippen molar-refractivity contribution in [3.8, 4) is 0 Å². The Hall–Kier alpha value is -2.08. The van der Waals surface area contributed by atoms with Gasteiger partial charge in [-0.25, -0.2) is 4.79 Å². The number of nitrogens with one attached hydrogen (secondary N) is 1. The van der Waals surface area contributed by atoms with Crippen molar-refractivity contribution in [2.75, 3.05) is 25.5 Å². The quantitative estimate of drug-likeness (QED) is 0.896. The zero-order valence-corrected chi connectivity index (χ0v) is 12.9. The van der Waals surface area contributed by atoms with Crippen LogP contribution in [0.5, 0.6) is 0 Å². The van der Waals surface area contributed by atoms with Gasteiger partial charge < -0.3 is 20.1 Å². The average Bonchev–Trinajstić information content (AvgIpc) is 2.54. The Bertz CT molecular complexity index is 547. The van der Waals surface area contributed by atoms with Gasteiger partial charge in [0.25, 0.3) is 0 Å². The lowest BCUT2D eigenvalue weighted by Crippen LogP contribution is -2.44. The van der Waals surface area contributed by atoms with E-state index >= 15 is 0 Å². The first-order valence-corrected chi connectivity index (χ1v) is 7.42. The SMILES string of the molecule is COC(C)c1cccc(NC(=O)N2CCCC(C(=O)O)C2)c1. The van der Waals surface area contributed by atoms with Gasteiger partial charge in [-0.3, -0.25) is 4.79 Å². The highest BCUT2D eigenvalue weighted by Gasteiger charge is 2.28. The normalized spacial score (nSPS) is 19.5. The number of rotatable bonds is 4. The minimum Gasteiger partial charge on any atom is -0.481 e. The van der Waals surface area contributed by atoms with Gasteiger partial charge in [0.1, 0.15) is 0 Å². The molecule has 1 fully saturated rings. The Morgan fingerprint density at radius 3 is 2.91 bits per heavy atom. The van der Waals surface area contributed by atoms with Gasteiger partial charge in [0.2, 0.25) is 0 Å². The van der Waals surface area contributed by atoms with Crippen molar-refractivity contribution in [1.29, 1.82) is 0 Å². The number of hydrogen-bond acceptors (Lipinski definition) is 3. The van der Waals surface area contributed by atoms with Crippen LogP contribution in [-0.4, -0.2) is 42.2 Å². The summed E-state index contributed by atoms with van der Waals surface area (Å²) in [6.45, 7) is 2.78. The number of hydrogen-bond donors (Lipinski definition) is 2. The van der Waals surface area contributed by atoms with E-state index in [0.29, 0.717) is 25.1 Å². The molecule has 2 N–H and O–H groups in total. The maximum Gasteiger partial charge on any atom is 0.321 e. The van der Waals surface area contributed by atoms with Gasteiger partial charge in [0.05, 0.1) is 12.0 Å². The standard InChI is InChI=1S/C16H22N2O4/c1-11(22-2)12-5-3-7-14(9-12)17-16(21)18-8-4-6-13(10-18)15(19)20/h3,5,7,9,11,13H,4,6,8,10H2,1-2H3,(H,17,21)(H,19,20). The number of methoxy groups -OCH3 is 1. The topological polar surface area (TPSA) is 78.9 Å². The molecule has 0 saturated carbocycles. The van der Waals surface area contributed by atoms with E-state index in [1.54, 1.807) is 12.0 Å². The van der Waals surface area contributed by atoms with Gasteiger partial charge in [0.15, 0.2) is 0 Å². The summed E-state index contributed by atoms with van der Waals surface area (Å²) in [4.78, 5) is 24.9. The molecule has 1 saturated heterocycles. The number of benzene rings is 1. The minimum atomic E-state index is -0.839. The fourth-order valence-electron chi connectivity index (χ4n) is 2.57. The molecule has 6 nitrogen and oxygen atoms in total. The summed E-state index contributed by atoms with van der Waals surface area (Å²) in [7, 11) is 1.63. The Kier molecular flexibility index (Phi) is 5.38. The zero-order valence-electron chi connectivity index (χ0n) is 12.9. The van der Waals surface area contributed by atoms with E-state index in [2.05, 4.69) is 5.32 Å². The second-order valence-electron chi connectivity index (χ2n) is 5.56. The van der Waals surface area contributed by atoms with Crippen molar-refractivity contribution in [3.05, 3.63) is 29.8 Å². The largest absolute Gasteiger partial charge is 0.481 e. The van der Waals surface area contributed by atoms with E-state index in [-0.39, 0.29) is 18.7 Å². The molecule has 0 aromatic heterocycles. The van der Waals surface area contributed by atoms with Crippen LogP contribution in [0.25, 0.3) is 0 Å². The maximum absolute atomic E-state index is 12.3. The van der Waals surface area contributed by atoms with Gasteiger partial charge >= 0.3 is 12.0 Å². The minimum absolute atomic E-state index is 0.0526. The molecule has 0 spiro atoms. The van der Waals surface area contributed by atoms with Crippen LogP contribution in [0.2, 0.25) is 0 Å². The third-order valence-electron chi connectivity index (χ3n) is 4.02. The van der Waals surface area contributed by atoms with Gasteiger partial charge in [-0.2, -0.15) is 0 Å². The third kappa shape index (κ3) is 3.98. The van der Waals surface area contributed by atoms with E-state index < -0.39 is 11.9 Å². The fraction of sp³-hybridized carbons (Fsp3) is 0.500. The molecule has 0 aliphatic carbocycles. The Balaban J connectivity index is 2.01. The highest BCUT2D eigenvalue weighted by molar-refractivity contribution is 5.89. The second-order valence-corrected chi connectivity index (χ2v) is 5.56. The molecule has 2 amide bonds. The first-order chi connectivity index (χ1) is 10.5. The predicted molar refractivity (Wildman–Crippen MR) is 82.8 cm³/mol. The summed E-state index contributed by atoms with van der Waals surface area (Å²) in [5, 5.41) is 11.9. The second kappa shape index (κ2) is 7.26. The summed E-state index contributed by atoms with van der Waals surface area (Å²) in [6.07, 6.45) is 1.29. The number of carboxylic acid groups (broad SMARTS) is 1. The Morgan fingerprint density at radius 1 is 1.45 bits per heavy atom. The van der Waals surface area contributed by atoms with Crippen molar-refractivity contribution in [3.63, 3.8) is 0 Å². The highest BCUT2D eigenvalue weighted by Crippen LogP contribution is 2.21. The van der Waals surface area contributed by atoms with Crippen LogP contribution in [0.4, 0.5) is 10.5 Å². The van der Waals surface area contributed by atoms with E-state index in [4.69, 9.17) is 9.84 Å². The molecule has 1 aromatic rings. The lowest BCUT2D eigenvalue weighted by atomic mass is 9.99. The molecule has 0 radical (unpaired) electrons. The molecule has 2 unspecified atom stereocenters.